The van der Waals surface area contributed by atoms with Gasteiger partial charge in [0, 0.05) is 24.3 Å². The quantitative estimate of drug-likeness (QED) is 0.0803. The maximum absolute atomic E-state index is 15.3. The van der Waals surface area contributed by atoms with Crippen LogP contribution in [0.5, 0.6) is 5.75 Å². The molecule has 1 amide bonds. The first-order valence-electron chi connectivity index (χ1n) is 15.0. The van der Waals surface area contributed by atoms with Crippen molar-refractivity contribution in [2.45, 2.75) is 51.9 Å². The van der Waals surface area contributed by atoms with Crippen molar-refractivity contribution in [1.82, 2.24) is 9.88 Å². The van der Waals surface area contributed by atoms with Gasteiger partial charge in [0.2, 0.25) is 0 Å². The van der Waals surface area contributed by atoms with Crippen LogP contribution >= 0.6 is 0 Å². The van der Waals surface area contributed by atoms with Gasteiger partial charge in [-0.3, -0.25) is 14.2 Å². The lowest BCUT2D eigenvalue weighted by Gasteiger charge is -2.24. The average Bonchev–Trinajstić information content (AvgIpc) is 3.02. The van der Waals surface area contributed by atoms with Gasteiger partial charge in [-0.2, -0.15) is 0 Å². The first-order chi connectivity index (χ1) is 23.1. The Morgan fingerprint density at radius 1 is 0.878 bits per heavy atom. The monoisotopic (exact) mass is 683 g/mol. The molecule has 1 heterocycles. The Morgan fingerprint density at radius 3 is 2.16 bits per heavy atom. The number of ether oxygens (including phenoxy) is 3. The largest absolute Gasteiger partial charge is 0.493 e. The first kappa shape index (κ1) is 36.2. The molecular weight excluding hydrogens is 650 g/mol. The van der Waals surface area contributed by atoms with Crippen LogP contribution in [0.4, 0.5) is 28.2 Å². The number of anilines is 1. The summed E-state index contributed by atoms with van der Waals surface area (Å²) in [6.45, 7) is 4.79. The number of hydrogen-bond acceptors (Lipinski definition) is 8. The van der Waals surface area contributed by atoms with Gasteiger partial charge in [0.25, 0.3) is 5.56 Å². The minimum absolute atomic E-state index is 0.0137. The lowest BCUT2D eigenvalue weighted by Crippen LogP contribution is -2.44. The lowest BCUT2D eigenvalue weighted by molar-refractivity contribution is -0.157. The summed E-state index contributed by atoms with van der Waals surface area (Å²) in [5.74, 6) is -7.43. The van der Waals surface area contributed by atoms with Crippen LogP contribution in [0.1, 0.15) is 55.1 Å². The molecule has 1 aromatic heterocycles. The van der Waals surface area contributed by atoms with E-state index in [1.54, 1.807) is 45.0 Å². The number of carbonyl (C=O) groups is 3. The van der Waals surface area contributed by atoms with Gasteiger partial charge in [0.15, 0.2) is 17.4 Å². The van der Waals surface area contributed by atoms with Crippen LogP contribution in [0.15, 0.2) is 77.6 Å². The third kappa shape index (κ3) is 9.46. The second kappa shape index (κ2) is 15.5. The molecule has 0 bridgehead atoms. The molecule has 0 fully saturated rings. The maximum Gasteiger partial charge on any atom is 0.408 e. The normalized spacial score (nSPS) is 11.8. The van der Waals surface area contributed by atoms with E-state index < -0.39 is 80.9 Å². The second-order valence-electron chi connectivity index (χ2n) is 11.8. The Hall–Kier alpha value is -5.66. The van der Waals surface area contributed by atoms with Gasteiger partial charge in [-0.1, -0.05) is 30.3 Å². The van der Waals surface area contributed by atoms with Crippen LogP contribution in [-0.4, -0.2) is 40.7 Å². The zero-order chi connectivity index (χ0) is 35.9. The Balaban J connectivity index is 1.45. The molecule has 49 heavy (non-hydrogen) atoms. The van der Waals surface area contributed by atoms with E-state index in [-0.39, 0.29) is 31.8 Å². The summed E-state index contributed by atoms with van der Waals surface area (Å²) in [4.78, 5) is 50.9. The van der Waals surface area contributed by atoms with Crippen molar-refractivity contribution >= 4 is 23.7 Å². The highest BCUT2D eigenvalue weighted by atomic mass is 19.1. The number of carbonyl (C=O) groups excluding carboxylic acids is 3. The van der Waals surface area contributed by atoms with Gasteiger partial charge in [-0.15, -0.1) is 0 Å². The summed E-state index contributed by atoms with van der Waals surface area (Å²) in [5, 5.41) is 2.47. The molecule has 0 spiro atoms. The molecule has 0 saturated heterocycles. The van der Waals surface area contributed by atoms with Crippen molar-refractivity contribution in [3.63, 3.8) is 0 Å². The number of esters is 1. The minimum Gasteiger partial charge on any atom is -0.493 e. The Labute approximate surface area is 278 Å². The van der Waals surface area contributed by atoms with E-state index in [9.17, 15) is 28.0 Å². The van der Waals surface area contributed by atoms with Gasteiger partial charge in [-0.25, -0.2) is 27.2 Å². The fourth-order valence-electron chi connectivity index (χ4n) is 4.64. The number of nitrogens with one attached hydrogen (secondary N) is 1. The highest BCUT2D eigenvalue weighted by Crippen LogP contribution is 2.27. The summed E-state index contributed by atoms with van der Waals surface area (Å²) in [6, 6.07) is 13.3. The molecule has 3 aromatic carbocycles. The predicted molar refractivity (Wildman–Crippen MR) is 170 cm³/mol. The summed E-state index contributed by atoms with van der Waals surface area (Å²) in [6.07, 6.45) is -0.729. The molecule has 0 aliphatic heterocycles. The van der Waals surface area contributed by atoms with Gasteiger partial charge >= 0.3 is 12.1 Å². The van der Waals surface area contributed by atoms with Crippen LogP contribution in [0.3, 0.4) is 0 Å². The van der Waals surface area contributed by atoms with Crippen molar-refractivity contribution in [3.8, 4) is 11.4 Å². The van der Waals surface area contributed by atoms with Crippen molar-refractivity contribution in [3.05, 3.63) is 123 Å². The zero-order valence-electron chi connectivity index (χ0n) is 26.7. The van der Waals surface area contributed by atoms with Crippen molar-refractivity contribution in [2.24, 2.45) is 0 Å². The van der Waals surface area contributed by atoms with E-state index in [4.69, 9.17) is 19.9 Å². The minimum atomic E-state index is -1.28. The molecule has 10 nitrogen and oxygen atoms in total. The number of ketones is 1. The number of halogens is 4. The number of rotatable bonds is 12. The maximum atomic E-state index is 15.3. The smallest absolute Gasteiger partial charge is 0.408 e. The third-order valence-electron chi connectivity index (χ3n) is 6.87. The molecule has 1 atom stereocenters. The molecule has 258 valence electrons. The van der Waals surface area contributed by atoms with Gasteiger partial charge in [0.1, 0.15) is 47.1 Å². The van der Waals surface area contributed by atoms with Crippen LogP contribution in [0, 0.1) is 23.3 Å². The van der Waals surface area contributed by atoms with E-state index in [0.717, 1.165) is 42.0 Å². The number of nitrogen functional groups attached to an aromatic ring is 1. The van der Waals surface area contributed by atoms with Gasteiger partial charge < -0.3 is 25.3 Å². The molecule has 4 rings (SSSR count). The second-order valence-corrected chi connectivity index (χ2v) is 11.8. The molecule has 0 aliphatic rings. The highest BCUT2D eigenvalue weighted by molar-refractivity contribution is 6.11. The number of pyridine rings is 1. The van der Waals surface area contributed by atoms with Crippen LogP contribution in [0.25, 0.3) is 5.69 Å². The first-order valence-corrected chi connectivity index (χ1v) is 15.0. The topological polar surface area (TPSA) is 139 Å². The lowest BCUT2D eigenvalue weighted by atomic mass is 10.0. The zero-order valence-corrected chi connectivity index (χ0v) is 26.7. The third-order valence-corrected chi connectivity index (χ3v) is 6.87. The number of benzene rings is 3. The molecule has 0 unspecified atom stereocenters. The molecule has 0 aliphatic carbocycles. The number of hydrogen-bond donors (Lipinski definition) is 2. The highest BCUT2D eigenvalue weighted by Gasteiger charge is 2.28. The van der Waals surface area contributed by atoms with E-state index in [1.807, 2.05) is 6.07 Å². The summed E-state index contributed by atoms with van der Waals surface area (Å²) >= 11 is 0. The molecular formula is C35H33F4N3O7. The van der Waals surface area contributed by atoms with Crippen LogP contribution < -0.4 is 21.3 Å². The number of aromatic nitrogens is 1. The fourth-order valence-corrected chi connectivity index (χ4v) is 4.64. The van der Waals surface area contributed by atoms with Gasteiger partial charge in [0.05, 0.1) is 17.7 Å². The number of alkyl carbamates (subject to hydrolysis) is 1. The average molecular weight is 684 g/mol. The number of nitrogens with two attached hydrogens (primary N) is 1. The Bertz CT molecular complexity index is 1890. The number of nitrogens with zero attached hydrogens (tertiary/aromatic N) is 1. The molecule has 3 N–H and O–H groups in total. The Morgan fingerprint density at radius 2 is 1.53 bits per heavy atom. The van der Waals surface area contributed by atoms with E-state index in [0.29, 0.717) is 10.6 Å². The van der Waals surface area contributed by atoms with Crippen molar-refractivity contribution in [2.75, 3.05) is 12.3 Å². The predicted octanol–water partition coefficient (Wildman–Crippen LogP) is 6.00. The van der Waals surface area contributed by atoms with Crippen molar-refractivity contribution in [1.29, 1.82) is 0 Å². The van der Waals surface area contributed by atoms with E-state index >= 15 is 8.78 Å². The van der Waals surface area contributed by atoms with E-state index in [2.05, 4.69) is 5.32 Å². The van der Waals surface area contributed by atoms with E-state index in [1.165, 1.54) is 0 Å². The Kier molecular flexibility index (Phi) is 11.4. The SMILES string of the molecule is CC(C)(C)OC(=O)[C@H](CCCOc1cc(F)c(-n2c(N)c(C(=O)c3ccc(F)cc3F)ccc2=O)c(F)c1)NC(=O)OCc1ccccc1. The molecule has 4 aromatic rings. The number of amides is 1. The van der Waals surface area contributed by atoms with Crippen molar-refractivity contribution < 1.29 is 46.2 Å². The van der Waals surface area contributed by atoms with Crippen LogP contribution in [-0.2, 0) is 20.9 Å². The molecule has 14 heteroatoms. The summed E-state index contributed by atoms with van der Waals surface area (Å²) in [5.41, 5.74) is 2.92. The molecule has 0 radical (unpaired) electrons. The van der Waals surface area contributed by atoms with Gasteiger partial charge in [-0.05, 0) is 57.4 Å². The standard InChI is InChI=1S/C35H33F4N3O7/c1-35(2,3)49-33(45)28(41-34(46)48-19-20-8-5-4-6-9-20)10-7-15-47-22-17-26(38)30(27(39)18-22)42-29(43)14-13-24(32(42)40)31(44)23-12-11-21(36)16-25(23)37/h4-6,8-9,11-14,16-18,28H,7,10,15,19,40H2,1-3H3,(H,41,46)/t28-/m0/s1. The fraction of sp³-hybridized carbons (Fsp3) is 0.257. The summed E-state index contributed by atoms with van der Waals surface area (Å²) in [7, 11) is 0. The van der Waals surface area contributed by atoms with Crippen LogP contribution in [0.2, 0.25) is 0 Å². The summed E-state index contributed by atoms with van der Waals surface area (Å²) < 4.78 is 74.7. The molecule has 0 saturated carbocycles.